The van der Waals surface area contributed by atoms with Crippen molar-refractivity contribution in [3.8, 4) is 11.4 Å². The predicted octanol–water partition coefficient (Wildman–Crippen LogP) is 6.93. The van der Waals surface area contributed by atoms with Gasteiger partial charge in [-0.05, 0) is 84.1 Å². The molecule has 0 aliphatic heterocycles. The van der Waals surface area contributed by atoms with Gasteiger partial charge in [0.05, 0.1) is 27.5 Å². The van der Waals surface area contributed by atoms with Gasteiger partial charge < -0.3 is 5.11 Å². The van der Waals surface area contributed by atoms with Crippen LogP contribution >= 0.6 is 0 Å². The van der Waals surface area contributed by atoms with Gasteiger partial charge in [0.15, 0.2) is 5.78 Å². The number of azo groups is 1. The van der Waals surface area contributed by atoms with Gasteiger partial charge in [-0.3, -0.25) is 23.0 Å². The molecule has 0 aliphatic carbocycles. The van der Waals surface area contributed by atoms with Gasteiger partial charge in [-0.15, -0.1) is 28.4 Å². The van der Waals surface area contributed by atoms with E-state index in [1.807, 2.05) is 0 Å². The summed E-state index contributed by atoms with van der Waals surface area (Å²) in [5.41, 5.74) is 1.35. The maximum Gasteiger partial charge on any atom is 0.338 e. The van der Waals surface area contributed by atoms with E-state index in [0.29, 0.717) is 38.2 Å². The second-order valence-corrected chi connectivity index (χ2v) is 21.6. The Morgan fingerprint density at radius 3 is 1.79 bits per heavy atom. The first-order valence-electron chi connectivity index (χ1n) is 20.0. The first kappa shape index (κ1) is 44.5. The molecule has 23 nitrogen and oxygen atoms in total. The van der Waals surface area contributed by atoms with Crippen LogP contribution in [-0.2, 0) is 40.5 Å². The smallest absolute Gasteiger partial charge is 0.338 e. The minimum atomic E-state index is -5.03. The molecular formula is C43H28N8O15S4. The highest BCUT2D eigenvalue weighted by Gasteiger charge is 2.32. The zero-order chi connectivity index (χ0) is 49.7. The van der Waals surface area contributed by atoms with Gasteiger partial charge in [0, 0.05) is 21.7 Å². The van der Waals surface area contributed by atoms with Gasteiger partial charge in [0.25, 0.3) is 40.5 Å². The Labute approximate surface area is 391 Å². The standard InChI is InChI=1S/C43H28N8O15S4/c1-22(52)32-19-34(33(43(53)54)20-36(32)48-47-35-15-10-25-16-28(67(55,56)57)13-14-29(25)41(35)51(47)48)45-44-26-11-8-23(38(17-26)68(58,59)60)6-7-24-9-12-27(18-39(24)69(61,62)63)46-49-37-21-40(70(64,65)66)30-4-2-3-5-31(30)42(37)50(46)49/h2-21H,1H3,(H,53,54)(H,55,56,57)(H,58,59,60)(H,61,62,63)(H,64,65,66). The number of benzene rings is 7. The largest absolute Gasteiger partial charge is 0.478 e. The molecule has 0 atom stereocenters. The Hall–Kier alpha value is -8.02. The van der Waals surface area contributed by atoms with Crippen LogP contribution in [0.5, 0.6) is 0 Å². The third-order valence-corrected chi connectivity index (χ3v) is 15.3. The Morgan fingerprint density at radius 1 is 0.529 bits per heavy atom. The minimum absolute atomic E-state index is 0.0123. The van der Waals surface area contributed by atoms with Crippen LogP contribution in [0.25, 0.3) is 67.1 Å². The van der Waals surface area contributed by atoms with Gasteiger partial charge >= 0.3 is 5.97 Å². The monoisotopic (exact) mass is 1020 g/mol. The number of rotatable bonds is 12. The van der Waals surface area contributed by atoms with Gasteiger partial charge in [-0.25, -0.2) is 4.79 Å². The molecular weight excluding hydrogens is 997 g/mol. The van der Waals surface area contributed by atoms with Crippen molar-refractivity contribution >= 4 is 119 Å². The molecule has 4 aromatic heterocycles. The summed E-state index contributed by atoms with van der Waals surface area (Å²) in [6.45, 7) is 1.24. The Morgan fingerprint density at radius 2 is 1.14 bits per heavy atom. The zero-order valence-corrected chi connectivity index (χ0v) is 38.3. The van der Waals surface area contributed by atoms with Crippen molar-refractivity contribution in [3.05, 3.63) is 131 Å². The van der Waals surface area contributed by atoms with E-state index in [-0.39, 0.29) is 54.6 Å². The highest BCUT2D eigenvalue weighted by atomic mass is 32.2. The van der Waals surface area contributed by atoms with Crippen molar-refractivity contribution in [2.24, 2.45) is 10.2 Å². The number of carbonyl (C=O) groups is 2. The first-order chi connectivity index (χ1) is 32.9. The van der Waals surface area contributed by atoms with E-state index in [1.165, 1.54) is 87.9 Å². The van der Waals surface area contributed by atoms with Crippen molar-refractivity contribution in [2.75, 3.05) is 0 Å². The normalized spacial score (nSPS) is 13.4. The van der Waals surface area contributed by atoms with Crippen LogP contribution in [0.3, 0.4) is 0 Å². The maximum absolute atomic E-state index is 13.0. The highest BCUT2D eigenvalue weighted by Crippen LogP contribution is 2.39. The quantitative estimate of drug-likeness (QED) is 0.0358. The Kier molecular flexibility index (Phi) is 9.37. The lowest BCUT2D eigenvalue weighted by Crippen LogP contribution is -2.05. The van der Waals surface area contributed by atoms with E-state index in [2.05, 4.69) is 10.2 Å². The van der Waals surface area contributed by atoms with E-state index in [0.717, 1.165) is 24.3 Å². The minimum Gasteiger partial charge on any atom is -0.478 e. The summed E-state index contributed by atoms with van der Waals surface area (Å²) in [6.07, 6.45) is 2.31. The van der Waals surface area contributed by atoms with Crippen LogP contribution < -0.4 is 0 Å². The van der Waals surface area contributed by atoms with Crippen molar-refractivity contribution < 1.29 is 66.6 Å². The number of Topliss-reactive ketones (excluding diaryl/α,β-unsaturated/α-hetero) is 1. The van der Waals surface area contributed by atoms with E-state index >= 15 is 0 Å². The van der Waals surface area contributed by atoms with E-state index in [1.54, 1.807) is 44.2 Å². The number of nitrogens with zero attached hydrogens (tertiary/aromatic N) is 8. The van der Waals surface area contributed by atoms with Gasteiger partial charge in [-0.2, -0.15) is 43.6 Å². The molecule has 0 saturated heterocycles. The fourth-order valence-electron chi connectivity index (χ4n) is 8.60. The molecule has 0 radical (unpaired) electrons. The molecule has 0 aliphatic rings. The molecule has 27 heteroatoms. The maximum atomic E-state index is 13.0. The molecule has 5 N–H and O–H groups in total. The fraction of sp³-hybridized carbons (Fsp3) is 0.0233. The first-order valence-corrected chi connectivity index (χ1v) is 25.8. The van der Waals surface area contributed by atoms with Gasteiger partial charge in [-0.1, -0.05) is 60.7 Å². The number of ketones is 1. The van der Waals surface area contributed by atoms with Crippen LogP contribution in [-0.4, -0.2) is 96.9 Å². The second kappa shape index (κ2) is 14.7. The third-order valence-electron chi connectivity index (χ3n) is 11.8. The highest BCUT2D eigenvalue weighted by molar-refractivity contribution is 7.86. The van der Waals surface area contributed by atoms with Crippen LogP contribution in [0.1, 0.15) is 38.8 Å². The average Bonchev–Trinajstić information content (AvgIpc) is 4.15. The molecule has 11 aromatic rings. The zero-order valence-electron chi connectivity index (χ0n) is 35.1. The molecule has 354 valence electrons. The van der Waals surface area contributed by atoms with Crippen LogP contribution in [0.4, 0.5) is 11.4 Å². The van der Waals surface area contributed by atoms with Gasteiger partial charge in [0.1, 0.15) is 42.4 Å². The topological polar surface area (TPSA) is 324 Å². The number of carboxylic acid groups (broad SMARTS) is 1. The molecule has 0 unspecified atom stereocenters. The van der Waals surface area contributed by atoms with Crippen molar-refractivity contribution in [1.29, 1.82) is 0 Å². The van der Waals surface area contributed by atoms with Crippen LogP contribution in [0.2, 0.25) is 0 Å². The summed E-state index contributed by atoms with van der Waals surface area (Å²) < 4.78 is 145. The van der Waals surface area contributed by atoms with Crippen molar-refractivity contribution in [1.82, 2.24) is 28.1 Å². The second-order valence-electron chi connectivity index (χ2n) is 16.0. The number of aromatic carboxylic acids is 1. The molecule has 0 fully saturated rings. The summed E-state index contributed by atoms with van der Waals surface area (Å²) in [5, 5.41) is 20.1. The molecule has 11 rings (SSSR count). The summed E-state index contributed by atoms with van der Waals surface area (Å²) in [7, 11) is -19.1. The van der Waals surface area contributed by atoms with E-state index in [9.17, 15) is 66.6 Å². The lowest BCUT2D eigenvalue weighted by Gasteiger charge is -2.08. The van der Waals surface area contributed by atoms with E-state index in [4.69, 9.17) is 0 Å². The number of carbonyl (C=O) groups excluding carboxylic acids is 1. The number of hydrogen-bond acceptors (Lipinski definition) is 12. The molecule has 0 bridgehead atoms. The summed E-state index contributed by atoms with van der Waals surface area (Å²) in [6, 6.07) is 24.7. The molecule has 7 aromatic carbocycles. The molecule has 0 saturated carbocycles. The van der Waals surface area contributed by atoms with Crippen LogP contribution in [0, 0.1) is 0 Å². The number of carboxylic acids is 1. The fourth-order valence-corrected chi connectivity index (χ4v) is 11.2. The lowest BCUT2D eigenvalue weighted by atomic mass is 10.0. The Bertz CT molecular complexity index is 4660. The molecule has 0 spiro atoms. The number of fused-ring (bicyclic) bond motifs is 12. The summed E-state index contributed by atoms with van der Waals surface area (Å²) in [4.78, 5) is 26.7. The number of aromatic nitrogens is 6. The third kappa shape index (κ3) is 6.97. The SMILES string of the molecule is CC(=O)c1cc(N=Nc2ccc(C=Cc3ccc(-n4n5c6cc(S(=O)(=O)O)c7ccccc7c6n45)cc3S(=O)(=O)O)c(S(=O)(=O)O)c2)c(C(=O)O)cc1-n1n2c3ccc4cc(S(=O)(=O)O)ccc4c3n12. The molecule has 4 heterocycles. The van der Waals surface area contributed by atoms with Crippen molar-refractivity contribution in [2.45, 2.75) is 26.5 Å². The molecule has 0 amide bonds. The van der Waals surface area contributed by atoms with E-state index < -0.39 is 67.6 Å². The van der Waals surface area contributed by atoms with Gasteiger partial charge in [0.2, 0.25) is 0 Å². The predicted molar refractivity (Wildman–Crippen MR) is 249 cm³/mol. The molecule has 70 heavy (non-hydrogen) atoms. The lowest BCUT2D eigenvalue weighted by molar-refractivity contribution is 0.0697. The summed E-state index contributed by atoms with van der Waals surface area (Å²) in [5.74, 6) is -1.96. The summed E-state index contributed by atoms with van der Waals surface area (Å²) >= 11 is 0. The number of hydrogen-bond donors (Lipinski definition) is 5. The Balaban J connectivity index is 0.918. The van der Waals surface area contributed by atoms with Crippen molar-refractivity contribution in [3.63, 3.8) is 0 Å². The van der Waals surface area contributed by atoms with Crippen LogP contribution in [0.15, 0.2) is 139 Å². The average molecular weight is 1030 g/mol.